The molecule has 0 aromatic carbocycles. The van der Waals surface area contributed by atoms with E-state index in [1.807, 2.05) is 0 Å². The summed E-state index contributed by atoms with van der Waals surface area (Å²) < 4.78 is 5.09. The summed E-state index contributed by atoms with van der Waals surface area (Å²) in [4.78, 5) is 2.44. The highest BCUT2D eigenvalue weighted by molar-refractivity contribution is 4.88. The minimum atomic E-state index is 0.782. The van der Waals surface area contributed by atoms with Crippen LogP contribution in [0.3, 0.4) is 0 Å². The van der Waals surface area contributed by atoms with Crippen molar-refractivity contribution in [2.45, 2.75) is 25.8 Å². The van der Waals surface area contributed by atoms with Gasteiger partial charge in [-0.15, -0.1) is 0 Å². The fourth-order valence-electron chi connectivity index (χ4n) is 2.10. The highest BCUT2D eigenvalue weighted by atomic mass is 16.5. The van der Waals surface area contributed by atoms with Crippen LogP contribution < -0.4 is 5.32 Å². The van der Waals surface area contributed by atoms with Crippen molar-refractivity contribution in [1.82, 2.24) is 10.2 Å². The van der Waals surface area contributed by atoms with E-state index in [0.717, 1.165) is 31.7 Å². The van der Waals surface area contributed by atoms with Gasteiger partial charge in [0.2, 0.25) is 0 Å². The molecule has 3 heteroatoms. The molecule has 1 saturated carbocycles. The van der Waals surface area contributed by atoms with E-state index in [1.165, 1.54) is 19.4 Å². The van der Waals surface area contributed by atoms with Gasteiger partial charge in [0.15, 0.2) is 0 Å². The Morgan fingerprint density at radius 2 is 2.21 bits per heavy atom. The van der Waals surface area contributed by atoms with E-state index in [4.69, 9.17) is 4.74 Å². The van der Waals surface area contributed by atoms with Gasteiger partial charge < -0.3 is 15.0 Å². The van der Waals surface area contributed by atoms with Crippen LogP contribution in [0.1, 0.15) is 19.8 Å². The smallest absolute Gasteiger partial charge is 0.0589 e. The molecule has 0 saturated heterocycles. The summed E-state index contributed by atoms with van der Waals surface area (Å²) in [6.07, 6.45) is 2.74. The van der Waals surface area contributed by atoms with Crippen LogP contribution in [-0.2, 0) is 4.74 Å². The highest BCUT2D eigenvalue weighted by Crippen LogP contribution is 2.30. The van der Waals surface area contributed by atoms with Crippen molar-refractivity contribution >= 4 is 0 Å². The first-order valence-corrected chi connectivity index (χ1v) is 5.69. The Hall–Kier alpha value is -0.120. The lowest BCUT2D eigenvalue weighted by molar-refractivity contribution is 0.0598. The minimum absolute atomic E-state index is 0.782. The summed E-state index contributed by atoms with van der Waals surface area (Å²) in [6.45, 7) is 6.34. The first-order valence-electron chi connectivity index (χ1n) is 5.69. The lowest BCUT2D eigenvalue weighted by Gasteiger charge is -2.43. The van der Waals surface area contributed by atoms with Gasteiger partial charge in [0.25, 0.3) is 0 Å². The maximum absolute atomic E-state index is 5.09. The predicted molar refractivity (Wildman–Crippen MR) is 59.6 cm³/mol. The standard InChI is InChI=1S/C11H24N2O/c1-4-12-9-10-5-6-11(10)13(2)7-8-14-3/h10-12H,4-9H2,1-3H3. The molecule has 0 heterocycles. The third-order valence-corrected chi connectivity index (χ3v) is 3.25. The maximum Gasteiger partial charge on any atom is 0.0589 e. The molecule has 1 N–H and O–H groups in total. The first-order chi connectivity index (χ1) is 6.79. The van der Waals surface area contributed by atoms with Crippen LogP contribution in [0.25, 0.3) is 0 Å². The molecule has 3 nitrogen and oxygen atoms in total. The Labute approximate surface area is 87.8 Å². The van der Waals surface area contributed by atoms with E-state index in [-0.39, 0.29) is 0 Å². The molecule has 0 aromatic rings. The number of hydrogen-bond acceptors (Lipinski definition) is 3. The lowest BCUT2D eigenvalue weighted by Crippen LogP contribution is -2.49. The van der Waals surface area contributed by atoms with Gasteiger partial charge in [-0.3, -0.25) is 0 Å². The van der Waals surface area contributed by atoms with E-state index in [9.17, 15) is 0 Å². The summed E-state index contributed by atoms with van der Waals surface area (Å²) in [7, 11) is 3.98. The maximum atomic E-state index is 5.09. The molecule has 1 aliphatic carbocycles. The fraction of sp³-hybridized carbons (Fsp3) is 1.00. The zero-order valence-electron chi connectivity index (χ0n) is 9.75. The molecule has 0 spiro atoms. The Bertz CT molecular complexity index is 142. The second-order valence-corrected chi connectivity index (χ2v) is 4.19. The van der Waals surface area contributed by atoms with Crippen LogP contribution in [0.15, 0.2) is 0 Å². The van der Waals surface area contributed by atoms with E-state index in [0.29, 0.717) is 0 Å². The molecule has 0 bridgehead atoms. The van der Waals surface area contributed by atoms with E-state index in [2.05, 4.69) is 24.2 Å². The van der Waals surface area contributed by atoms with Crippen molar-refractivity contribution in [2.75, 3.05) is 40.4 Å². The quantitative estimate of drug-likeness (QED) is 0.662. The molecule has 2 atom stereocenters. The number of methoxy groups -OCH3 is 1. The largest absolute Gasteiger partial charge is 0.383 e. The summed E-state index contributed by atoms with van der Waals surface area (Å²) in [5, 5.41) is 3.43. The second-order valence-electron chi connectivity index (χ2n) is 4.19. The number of nitrogens with one attached hydrogen (secondary N) is 1. The molecule has 0 aliphatic heterocycles. The van der Waals surface area contributed by atoms with Gasteiger partial charge in [0.1, 0.15) is 0 Å². The Morgan fingerprint density at radius 3 is 2.71 bits per heavy atom. The molecule has 1 fully saturated rings. The predicted octanol–water partition coefficient (Wildman–Crippen LogP) is 0.953. The number of rotatable bonds is 7. The van der Waals surface area contributed by atoms with Crippen LogP contribution in [-0.4, -0.2) is 51.3 Å². The number of hydrogen-bond donors (Lipinski definition) is 1. The van der Waals surface area contributed by atoms with Gasteiger partial charge in [-0.05, 0) is 38.9 Å². The third kappa shape index (κ3) is 3.23. The average Bonchev–Trinajstić information content (AvgIpc) is 2.13. The zero-order chi connectivity index (χ0) is 10.4. The van der Waals surface area contributed by atoms with Crippen molar-refractivity contribution in [3.63, 3.8) is 0 Å². The Kier molecular flexibility index (Phi) is 5.45. The van der Waals surface area contributed by atoms with E-state index in [1.54, 1.807) is 7.11 Å². The lowest BCUT2D eigenvalue weighted by atomic mass is 9.78. The molecule has 0 radical (unpaired) electrons. The molecule has 0 aromatic heterocycles. The number of ether oxygens (including phenoxy) is 1. The van der Waals surface area contributed by atoms with Gasteiger partial charge >= 0.3 is 0 Å². The topological polar surface area (TPSA) is 24.5 Å². The molecule has 84 valence electrons. The fourth-order valence-corrected chi connectivity index (χ4v) is 2.10. The van der Waals surface area contributed by atoms with Crippen molar-refractivity contribution in [1.29, 1.82) is 0 Å². The summed E-state index contributed by atoms with van der Waals surface area (Å²) in [5.41, 5.74) is 0. The number of nitrogens with zero attached hydrogens (tertiary/aromatic N) is 1. The first kappa shape index (κ1) is 12.0. The van der Waals surface area contributed by atoms with Crippen LogP contribution in [0.4, 0.5) is 0 Å². The van der Waals surface area contributed by atoms with Gasteiger partial charge in [0, 0.05) is 19.7 Å². The number of likely N-dealkylation sites (N-methyl/N-ethyl adjacent to an activating group) is 1. The van der Waals surface area contributed by atoms with Gasteiger partial charge in [-0.1, -0.05) is 6.92 Å². The average molecular weight is 200 g/mol. The van der Waals surface area contributed by atoms with Gasteiger partial charge in [-0.25, -0.2) is 0 Å². The van der Waals surface area contributed by atoms with Crippen molar-refractivity contribution in [3.8, 4) is 0 Å². The SMILES string of the molecule is CCNCC1CCC1N(C)CCOC. The molecule has 14 heavy (non-hydrogen) atoms. The van der Waals surface area contributed by atoms with Gasteiger partial charge in [0.05, 0.1) is 6.61 Å². The Balaban J connectivity index is 2.16. The molecule has 1 aliphatic rings. The van der Waals surface area contributed by atoms with Crippen LogP contribution in [0.2, 0.25) is 0 Å². The molecular formula is C11H24N2O. The van der Waals surface area contributed by atoms with Crippen LogP contribution in [0.5, 0.6) is 0 Å². The summed E-state index contributed by atoms with van der Waals surface area (Å²) in [5.74, 6) is 0.858. The minimum Gasteiger partial charge on any atom is -0.383 e. The summed E-state index contributed by atoms with van der Waals surface area (Å²) in [6, 6.07) is 0.782. The van der Waals surface area contributed by atoms with E-state index >= 15 is 0 Å². The second kappa shape index (κ2) is 6.38. The third-order valence-electron chi connectivity index (χ3n) is 3.25. The normalized spacial score (nSPS) is 26.6. The molecule has 1 rings (SSSR count). The van der Waals surface area contributed by atoms with Crippen molar-refractivity contribution in [2.24, 2.45) is 5.92 Å². The molecule has 0 amide bonds. The van der Waals surface area contributed by atoms with E-state index < -0.39 is 0 Å². The Morgan fingerprint density at radius 1 is 1.43 bits per heavy atom. The van der Waals surface area contributed by atoms with Crippen LogP contribution in [0, 0.1) is 5.92 Å². The monoisotopic (exact) mass is 200 g/mol. The van der Waals surface area contributed by atoms with Crippen molar-refractivity contribution < 1.29 is 4.74 Å². The highest BCUT2D eigenvalue weighted by Gasteiger charge is 2.32. The summed E-state index contributed by atoms with van der Waals surface area (Å²) >= 11 is 0. The van der Waals surface area contributed by atoms with Crippen molar-refractivity contribution in [3.05, 3.63) is 0 Å². The van der Waals surface area contributed by atoms with Gasteiger partial charge in [-0.2, -0.15) is 0 Å². The van der Waals surface area contributed by atoms with Crippen LogP contribution >= 0.6 is 0 Å². The molecule has 2 unspecified atom stereocenters. The zero-order valence-corrected chi connectivity index (χ0v) is 9.75. The molecular weight excluding hydrogens is 176 g/mol.